The third-order valence-corrected chi connectivity index (χ3v) is 4.61. The van der Waals surface area contributed by atoms with Crippen LogP contribution in [0.3, 0.4) is 0 Å². The Hall–Kier alpha value is -3.09. The number of aromatic amines is 1. The molecule has 3 rings (SSSR count). The molecule has 2 heterocycles. The molecule has 0 fully saturated rings. The van der Waals surface area contributed by atoms with Gasteiger partial charge < -0.3 is 15.0 Å². The summed E-state index contributed by atoms with van der Waals surface area (Å²) in [6.07, 6.45) is 3.50. The number of amides is 1. The lowest BCUT2D eigenvalue weighted by molar-refractivity contribution is -0.148. The summed E-state index contributed by atoms with van der Waals surface area (Å²) in [6.45, 7) is 4.98. The van der Waals surface area contributed by atoms with Crippen molar-refractivity contribution >= 4 is 22.8 Å². The number of esters is 1. The monoisotopic (exact) mass is 382 g/mol. The van der Waals surface area contributed by atoms with Gasteiger partial charge in [-0.15, -0.1) is 0 Å². The van der Waals surface area contributed by atoms with Gasteiger partial charge in [0, 0.05) is 42.3 Å². The van der Waals surface area contributed by atoms with Crippen molar-refractivity contribution in [2.24, 2.45) is 0 Å². The van der Waals surface area contributed by atoms with Crippen molar-refractivity contribution < 1.29 is 14.3 Å². The minimum absolute atomic E-state index is 0.243. The van der Waals surface area contributed by atoms with Crippen LogP contribution < -0.4 is 5.32 Å². The second-order valence-corrected chi connectivity index (χ2v) is 6.87. The summed E-state index contributed by atoms with van der Waals surface area (Å²) in [6, 6.07) is 9.97. The Kier molecular flexibility index (Phi) is 6.47. The molecule has 2 N–H and O–H groups in total. The molecular formula is C21H26N4O3. The number of fused-ring (bicyclic) bond motifs is 1. The fourth-order valence-electron chi connectivity index (χ4n) is 3.20. The summed E-state index contributed by atoms with van der Waals surface area (Å²) in [5.41, 5.74) is 4.21. The summed E-state index contributed by atoms with van der Waals surface area (Å²) in [7, 11) is 0. The number of hydrogen-bond acceptors (Lipinski definition) is 4. The Bertz CT molecular complexity index is 958. The van der Waals surface area contributed by atoms with Crippen LogP contribution in [0.2, 0.25) is 0 Å². The zero-order chi connectivity index (χ0) is 19.9. The highest BCUT2D eigenvalue weighted by molar-refractivity contribution is 5.84. The molecule has 2 aromatic heterocycles. The van der Waals surface area contributed by atoms with Gasteiger partial charge in [0.05, 0.1) is 5.69 Å². The van der Waals surface area contributed by atoms with Gasteiger partial charge in [-0.1, -0.05) is 18.2 Å². The summed E-state index contributed by atoms with van der Waals surface area (Å²) in [4.78, 5) is 26.9. The molecule has 0 saturated carbocycles. The molecular weight excluding hydrogens is 356 g/mol. The number of aromatic nitrogens is 3. The maximum absolute atomic E-state index is 11.9. The molecule has 0 bridgehead atoms. The SMILES string of the molecule is Cc1cc(C)n(CCCNC(=O)COC(=O)CCc2c[nH]c3ccccc23)n1. The summed E-state index contributed by atoms with van der Waals surface area (Å²) in [5.74, 6) is -0.656. The van der Waals surface area contributed by atoms with Crippen LogP contribution in [0.5, 0.6) is 0 Å². The number of ether oxygens (including phenoxy) is 1. The molecule has 1 aromatic carbocycles. The fraction of sp³-hybridized carbons (Fsp3) is 0.381. The number of rotatable bonds is 9. The minimum atomic E-state index is -0.372. The van der Waals surface area contributed by atoms with Crippen LogP contribution in [-0.2, 0) is 27.3 Å². The average molecular weight is 382 g/mol. The van der Waals surface area contributed by atoms with Crippen LogP contribution in [-0.4, -0.2) is 39.8 Å². The van der Waals surface area contributed by atoms with Crippen molar-refractivity contribution in [1.29, 1.82) is 0 Å². The van der Waals surface area contributed by atoms with Gasteiger partial charge in [0.15, 0.2) is 6.61 Å². The van der Waals surface area contributed by atoms with E-state index in [0.717, 1.165) is 40.8 Å². The zero-order valence-electron chi connectivity index (χ0n) is 16.3. The van der Waals surface area contributed by atoms with Crippen molar-refractivity contribution in [3.05, 3.63) is 53.5 Å². The molecule has 0 saturated heterocycles. The number of hydrogen-bond donors (Lipinski definition) is 2. The highest BCUT2D eigenvalue weighted by Crippen LogP contribution is 2.19. The van der Waals surface area contributed by atoms with Gasteiger partial charge >= 0.3 is 5.97 Å². The second-order valence-electron chi connectivity index (χ2n) is 6.87. The first-order valence-electron chi connectivity index (χ1n) is 9.51. The van der Waals surface area contributed by atoms with E-state index in [9.17, 15) is 9.59 Å². The molecule has 7 heteroatoms. The maximum atomic E-state index is 11.9. The first-order chi connectivity index (χ1) is 13.5. The number of aryl methyl sites for hydroxylation is 4. The molecule has 1 amide bonds. The number of H-pyrrole nitrogens is 1. The van der Waals surface area contributed by atoms with Crippen molar-refractivity contribution in [2.75, 3.05) is 13.2 Å². The number of benzene rings is 1. The van der Waals surface area contributed by atoms with Crippen LogP contribution >= 0.6 is 0 Å². The van der Waals surface area contributed by atoms with Gasteiger partial charge in [-0.2, -0.15) is 5.10 Å². The molecule has 0 aliphatic carbocycles. The molecule has 28 heavy (non-hydrogen) atoms. The third kappa shape index (κ3) is 5.22. The fourth-order valence-corrected chi connectivity index (χ4v) is 3.20. The molecule has 0 atom stereocenters. The molecule has 0 aliphatic heterocycles. The predicted octanol–water partition coefficient (Wildman–Crippen LogP) is 2.66. The molecule has 0 unspecified atom stereocenters. The van der Waals surface area contributed by atoms with E-state index in [4.69, 9.17) is 4.74 Å². The lowest BCUT2D eigenvalue weighted by Crippen LogP contribution is -2.30. The topological polar surface area (TPSA) is 89.0 Å². The van der Waals surface area contributed by atoms with Crippen LogP contribution in [0.25, 0.3) is 10.9 Å². The molecule has 3 aromatic rings. The summed E-state index contributed by atoms with van der Waals surface area (Å²) in [5, 5.41) is 8.25. The van der Waals surface area contributed by atoms with E-state index in [1.807, 2.05) is 55.1 Å². The Morgan fingerprint density at radius 3 is 2.86 bits per heavy atom. The van der Waals surface area contributed by atoms with Gasteiger partial charge in [0.25, 0.3) is 5.91 Å². The van der Waals surface area contributed by atoms with Gasteiger partial charge in [0.2, 0.25) is 0 Å². The van der Waals surface area contributed by atoms with Crippen LogP contribution in [0.15, 0.2) is 36.5 Å². The molecule has 148 valence electrons. The minimum Gasteiger partial charge on any atom is -0.456 e. The molecule has 0 radical (unpaired) electrons. The number of carbonyl (C=O) groups excluding carboxylic acids is 2. The van der Waals surface area contributed by atoms with Gasteiger partial charge in [0.1, 0.15) is 0 Å². The van der Waals surface area contributed by atoms with Crippen LogP contribution in [0, 0.1) is 13.8 Å². The first-order valence-corrected chi connectivity index (χ1v) is 9.51. The quantitative estimate of drug-likeness (QED) is 0.440. The van der Waals surface area contributed by atoms with E-state index in [1.54, 1.807) is 0 Å². The molecule has 0 aliphatic rings. The number of para-hydroxylation sites is 1. The summed E-state index contributed by atoms with van der Waals surface area (Å²) < 4.78 is 7.00. The number of nitrogens with zero attached hydrogens (tertiary/aromatic N) is 2. The molecule has 7 nitrogen and oxygen atoms in total. The van der Waals surface area contributed by atoms with Crippen LogP contribution in [0.1, 0.15) is 29.8 Å². The first kappa shape index (κ1) is 19.7. The third-order valence-electron chi connectivity index (χ3n) is 4.61. The van der Waals surface area contributed by atoms with E-state index >= 15 is 0 Å². The van der Waals surface area contributed by atoms with E-state index in [2.05, 4.69) is 15.4 Å². The number of carbonyl (C=O) groups is 2. The van der Waals surface area contributed by atoms with Gasteiger partial charge in [-0.25, -0.2) is 0 Å². The highest BCUT2D eigenvalue weighted by Gasteiger charge is 2.10. The lowest BCUT2D eigenvalue weighted by Gasteiger charge is -2.07. The van der Waals surface area contributed by atoms with Crippen molar-refractivity contribution in [2.45, 2.75) is 39.7 Å². The normalized spacial score (nSPS) is 10.9. The van der Waals surface area contributed by atoms with E-state index in [1.165, 1.54) is 0 Å². The largest absolute Gasteiger partial charge is 0.456 e. The van der Waals surface area contributed by atoms with E-state index < -0.39 is 0 Å². The van der Waals surface area contributed by atoms with Gasteiger partial charge in [-0.05, 0) is 44.4 Å². The Labute approximate surface area is 164 Å². The van der Waals surface area contributed by atoms with Gasteiger partial charge in [-0.3, -0.25) is 14.3 Å². The Morgan fingerprint density at radius 2 is 2.07 bits per heavy atom. The standard InChI is InChI=1S/C21H26N4O3/c1-15-12-16(2)25(24-15)11-5-10-22-20(26)14-28-21(27)9-8-17-13-23-19-7-4-3-6-18(17)19/h3-4,6-7,12-13,23H,5,8-11,14H2,1-2H3,(H,22,26). The second kappa shape index (κ2) is 9.21. The van der Waals surface area contributed by atoms with E-state index in [0.29, 0.717) is 13.0 Å². The predicted molar refractivity (Wildman–Crippen MR) is 107 cm³/mol. The summed E-state index contributed by atoms with van der Waals surface area (Å²) >= 11 is 0. The lowest BCUT2D eigenvalue weighted by atomic mass is 10.1. The van der Waals surface area contributed by atoms with Crippen molar-refractivity contribution in [1.82, 2.24) is 20.1 Å². The van der Waals surface area contributed by atoms with Crippen molar-refractivity contribution in [3.8, 4) is 0 Å². The van der Waals surface area contributed by atoms with Crippen molar-refractivity contribution in [3.63, 3.8) is 0 Å². The number of nitrogens with one attached hydrogen (secondary N) is 2. The zero-order valence-corrected chi connectivity index (χ0v) is 16.3. The Balaban J connectivity index is 1.32. The Morgan fingerprint density at radius 1 is 1.25 bits per heavy atom. The van der Waals surface area contributed by atoms with E-state index in [-0.39, 0.29) is 24.9 Å². The maximum Gasteiger partial charge on any atom is 0.306 e. The highest BCUT2D eigenvalue weighted by atomic mass is 16.5. The smallest absolute Gasteiger partial charge is 0.306 e. The van der Waals surface area contributed by atoms with Crippen LogP contribution in [0.4, 0.5) is 0 Å². The average Bonchev–Trinajstić information content (AvgIpc) is 3.24. The molecule has 0 spiro atoms.